The van der Waals surface area contributed by atoms with Gasteiger partial charge in [-0.15, -0.1) is 0 Å². The third-order valence-electron chi connectivity index (χ3n) is 3.40. The summed E-state index contributed by atoms with van der Waals surface area (Å²) in [5.74, 6) is -0.183. The van der Waals surface area contributed by atoms with Crippen molar-refractivity contribution in [2.24, 2.45) is 0 Å². The van der Waals surface area contributed by atoms with Crippen LogP contribution >= 0.6 is 0 Å². The molecule has 5 heteroatoms. The number of methoxy groups -OCH3 is 1. The number of ether oxygens (including phenoxy) is 3. The molecule has 0 aromatic carbocycles. The average molecular weight is 273 g/mol. The summed E-state index contributed by atoms with van der Waals surface area (Å²) in [7, 11) is 1.44. The van der Waals surface area contributed by atoms with E-state index in [1.165, 1.54) is 7.11 Å². The van der Waals surface area contributed by atoms with Crippen LogP contribution in [-0.4, -0.2) is 50.6 Å². The predicted molar refractivity (Wildman–Crippen MR) is 73.1 cm³/mol. The van der Waals surface area contributed by atoms with Crippen molar-refractivity contribution in [3.8, 4) is 0 Å². The van der Waals surface area contributed by atoms with Crippen molar-refractivity contribution in [2.75, 3.05) is 26.9 Å². The van der Waals surface area contributed by atoms with Crippen LogP contribution in [0.15, 0.2) is 0 Å². The number of carbonyl (C=O) groups excluding carboxylic acids is 1. The lowest BCUT2D eigenvalue weighted by Crippen LogP contribution is -2.53. The van der Waals surface area contributed by atoms with E-state index in [0.29, 0.717) is 26.2 Å². The van der Waals surface area contributed by atoms with E-state index in [1.54, 1.807) is 0 Å². The van der Waals surface area contributed by atoms with Crippen LogP contribution in [0.5, 0.6) is 0 Å². The summed E-state index contributed by atoms with van der Waals surface area (Å²) in [5, 5.41) is 3.35. The van der Waals surface area contributed by atoms with Crippen molar-refractivity contribution < 1.29 is 19.0 Å². The Bertz CT molecular complexity index is 283. The highest BCUT2D eigenvalue weighted by atomic mass is 16.5. The van der Waals surface area contributed by atoms with Crippen LogP contribution in [0, 0.1) is 0 Å². The van der Waals surface area contributed by atoms with E-state index >= 15 is 0 Å². The van der Waals surface area contributed by atoms with Gasteiger partial charge in [-0.1, -0.05) is 0 Å². The van der Waals surface area contributed by atoms with E-state index in [1.807, 2.05) is 20.8 Å². The van der Waals surface area contributed by atoms with E-state index in [0.717, 1.165) is 12.8 Å². The second-order valence-corrected chi connectivity index (χ2v) is 5.31. The minimum atomic E-state index is -0.584. The maximum absolute atomic E-state index is 12.0. The lowest BCUT2D eigenvalue weighted by molar-refractivity contribution is -0.149. The summed E-state index contributed by atoms with van der Waals surface area (Å²) in [6.45, 7) is 7.93. The van der Waals surface area contributed by atoms with Gasteiger partial charge in [0.1, 0.15) is 5.54 Å². The first-order valence-electron chi connectivity index (χ1n) is 7.09. The van der Waals surface area contributed by atoms with Crippen LogP contribution in [0.2, 0.25) is 0 Å². The van der Waals surface area contributed by atoms with Gasteiger partial charge < -0.3 is 14.2 Å². The second kappa shape index (κ2) is 7.82. The molecule has 0 spiro atoms. The topological polar surface area (TPSA) is 56.8 Å². The lowest BCUT2D eigenvalue weighted by atomic mass is 9.96. The van der Waals surface area contributed by atoms with Crippen molar-refractivity contribution in [3.63, 3.8) is 0 Å². The number of hydrogen-bond acceptors (Lipinski definition) is 5. The Morgan fingerprint density at radius 3 is 2.74 bits per heavy atom. The molecule has 5 nitrogen and oxygen atoms in total. The zero-order valence-corrected chi connectivity index (χ0v) is 12.5. The van der Waals surface area contributed by atoms with E-state index in [-0.39, 0.29) is 18.1 Å². The zero-order valence-electron chi connectivity index (χ0n) is 12.5. The first-order chi connectivity index (χ1) is 9.04. The highest BCUT2D eigenvalue weighted by molar-refractivity contribution is 5.81. The third kappa shape index (κ3) is 4.75. The molecule has 1 aliphatic rings. The SMILES string of the molecule is CCOCCOC1CCC(NC(C)C)(C(=O)OC)C1. The van der Waals surface area contributed by atoms with Crippen molar-refractivity contribution in [1.82, 2.24) is 5.32 Å². The monoisotopic (exact) mass is 273 g/mol. The molecule has 0 amide bonds. The first-order valence-corrected chi connectivity index (χ1v) is 7.09. The number of rotatable bonds is 8. The highest BCUT2D eigenvalue weighted by Gasteiger charge is 2.46. The normalized spacial score (nSPS) is 26.9. The van der Waals surface area contributed by atoms with Gasteiger partial charge in [-0.05, 0) is 33.6 Å². The van der Waals surface area contributed by atoms with Crippen molar-refractivity contribution in [3.05, 3.63) is 0 Å². The summed E-state index contributed by atoms with van der Waals surface area (Å²) in [6, 6.07) is 0.237. The fraction of sp³-hybridized carbons (Fsp3) is 0.929. The van der Waals surface area contributed by atoms with Crippen molar-refractivity contribution in [1.29, 1.82) is 0 Å². The van der Waals surface area contributed by atoms with Crippen LogP contribution in [-0.2, 0) is 19.0 Å². The molecule has 0 heterocycles. The fourth-order valence-corrected chi connectivity index (χ4v) is 2.68. The smallest absolute Gasteiger partial charge is 0.326 e. The number of hydrogen-bond donors (Lipinski definition) is 1. The van der Waals surface area contributed by atoms with Crippen LogP contribution < -0.4 is 5.32 Å². The molecule has 0 aromatic heterocycles. The summed E-state index contributed by atoms with van der Waals surface area (Å²) >= 11 is 0. The minimum Gasteiger partial charge on any atom is -0.468 e. The Kier molecular flexibility index (Phi) is 6.75. The van der Waals surface area contributed by atoms with Crippen molar-refractivity contribution >= 4 is 5.97 Å². The summed E-state index contributed by atoms with van der Waals surface area (Å²) in [6.07, 6.45) is 2.41. The molecule has 1 aliphatic carbocycles. The Morgan fingerprint density at radius 2 is 2.16 bits per heavy atom. The Morgan fingerprint density at radius 1 is 1.42 bits per heavy atom. The van der Waals surface area contributed by atoms with E-state index < -0.39 is 5.54 Å². The van der Waals surface area contributed by atoms with Crippen LogP contribution in [0.3, 0.4) is 0 Å². The molecule has 112 valence electrons. The van der Waals surface area contributed by atoms with Gasteiger partial charge in [0.25, 0.3) is 0 Å². The molecule has 1 rings (SSSR count). The molecule has 1 N–H and O–H groups in total. The standard InChI is InChI=1S/C14H27NO4/c1-5-18-8-9-19-12-6-7-14(10-12,13(16)17-4)15-11(2)3/h11-12,15H,5-10H2,1-4H3. The molecular formula is C14H27NO4. The Balaban J connectivity index is 2.49. The maximum atomic E-state index is 12.0. The second-order valence-electron chi connectivity index (χ2n) is 5.31. The van der Waals surface area contributed by atoms with Crippen molar-refractivity contribution in [2.45, 2.75) is 57.7 Å². The van der Waals surface area contributed by atoms with Gasteiger partial charge >= 0.3 is 5.97 Å². The molecule has 0 aliphatic heterocycles. The van der Waals surface area contributed by atoms with E-state index in [9.17, 15) is 4.79 Å². The lowest BCUT2D eigenvalue weighted by Gasteiger charge is -2.30. The quantitative estimate of drug-likeness (QED) is 0.536. The molecule has 1 fully saturated rings. The highest BCUT2D eigenvalue weighted by Crippen LogP contribution is 2.33. The number of nitrogens with one attached hydrogen (secondary N) is 1. The number of carbonyl (C=O) groups is 1. The molecular weight excluding hydrogens is 246 g/mol. The molecule has 0 radical (unpaired) electrons. The van der Waals surface area contributed by atoms with Gasteiger partial charge in [-0.2, -0.15) is 0 Å². The van der Waals surface area contributed by atoms with Crippen LogP contribution in [0.25, 0.3) is 0 Å². The molecule has 0 saturated heterocycles. The molecule has 1 saturated carbocycles. The van der Waals surface area contributed by atoms with Gasteiger partial charge in [0.2, 0.25) is 0 Å². The van der Waals surface area contributed by atoms with Gasteiger partial charge in [0, 0.05) is 19.1 Å². The molecule has 19 heavy (non-hydrogen) atoms. The molecule has 2 atom stereocenters. The largest absolute Gasteiger partial charge is 0.468 e. The first kappa shape index (κ1) is 16.4. The maximum Gasteiger partial charge on any atom is 0.326 e. The predicted octanol–water partition coefficient (Wildman–Crippen LogP) is 1.50. The molecule has 0 bridgehead atoms. The summed E-state index contributed by atoms with van der Waals surface area (Å²) < 4.78 is 16.0. The summed E-state index contributed by atoms with van der Waals surface area (Å²) in [5.41, 5.74) is -0.584. The van der Waals surface area contributed by atoms with Gasteiger partial charge in [-0.3, -0.25) is 10.1 Å². The van der Waals surface area contributed by atoms with Gasteiger partial charge in [0.05, 0.1) is 26.4 Å². The third-order valence-corrected chi connectivity index (χ3v) is 3.40. The molecule has 0 aromatic rings. The van der Waals surface area contributed by atoms with Gasteiger partial charge in [-0.25, -0.2) is 0 Å². The zero-order chi connectivity index (χ0) is 14.3. The Labute approximate surface area is 116 Å². The van der Waals surface area contributed by atoms with Crippen LogP contribution in [0.4, 0.5) is 0 Å². The average Bonchev–Trinajstić information content (AvgIpc) is 2.77. The Hall–Kier alpha value is -0.650. The van der Waals surface area contributed by atoms with Gasteiger partial charge in [0.15, 0.2) is 0 Å². The minimum absolute atomic E-state index is 0.103. The fourth-order valence-electron chi connectivity index (χ4n) is 2.68. The van der Waals surface area contributed by atoms with Crippen LogP contribution in [0.1, 0.15) is 40.0 Å². The van der Waals surface area contributed by atoms with E-state index in [4.69, 9.17) is 14.2 Å². The molecule has 2 unspecified atom stereocenters. The summed E-state index contributed by atoms with van der Waals surface area (Å²) in [4.78, 5) is 12.0. The number of esters is 1. The van der Waals surface area contributed by atoms with E-state index in [2.05, 4.69) is 5.32 Å².